The number of hydrogen-bond acceptors (Lipinski definition) is 5. The molecule has 0 saturated heterocycles. The van der Waals surface area contributed by atoms with Gasteiger partial charge in [0.05, 0.1) is 12.0 Å². The van der Waals surface area contributed by atoms with Crippen LogP contribution >= 0.6 is 12.4 Å². The van der Waals surface area contributed by atoms with Gasteiger partial charge in [-0.15, -0.1) is 12.4 Å². The maximum atomic E-state index is 11.7. The van der Waals surface area contributed by atoms with Crippen LogP contribution in [-0.2, 0) is 16.4 Å². The van der Waals surface area contributed by atoms with Gasteiger partial charge < -0.3 is 14.8 Å². The summed E-state index contributed by atoms with van der Waals surface area (Å²) in [7, 11) is -2.11. The number of nitrogens with two attached hydrogens (primary N) is 1. The van der Waals surface area contributed by atoms with Crippen LogP contribution in [0.25, 0.3) is 0 Å². The quantitative estimate of drug-likeness (QED) is 0.599. The topological polar surface area (TPSA) is 90.7 Å². The number of sulfonamides is 1. The number of hydrogen-bond donors (Lipinski definition) is 2. The predicted octanol–water partition coefficient (Wildman–Crippen LogP) is 3.06. The third-order valence-corrected chi connectivity index (χ3v) is 5.29. The molecule has 2 rings (SSSR count). The van der Waals surface area contributed by atoms with Crippen molar-refractivity contribution in [1.82, 2.24) is 5.32 Å². The van der Waals surface area contributed by atoms with Crippen molar-refractivity contribution < 1.29 is 17.9 Å². The predicted molar refractivity (Wildman–Crippen MR) is 114 cm³/mol. The minimum atomic E-state index is -3.72. The van der Waals surface area contributed by atoms with E-state index in [-0.39, 0.29) is 22.8 Å². The number of methoxy groups -OCH3 is 1. The van der Waals surface area contributed by atoms with Crippen molar-refractivity contribution >= 4 is 22.4 Å². The molecule has 0 aliphatic heterocycles. The highest BCUT2D eigenvalue weighted by atomic mass is 35.5. The number of para-hydroxylation sites is 2. The summed E-state index contributed by atoms with van der Waals surface area (Å²) < 4.78 is 34.4. The van der Waals surface area contributed by atoms with E-state index in [0.717, 1.165) is 5.56 Å². The van der Waals surface area contributed by atoms with Crippen molar-refractivity contribution in [3.05, 3.63) is 53.6 Å². The van der Waals surface area contributed by atoms with Gasteiger partial charge in [-0.1, -0.05) is 24.3 Å². The minimum Gasteiger partial charge on any atom is -0.493 e. The summed E-state index contributed by atoms with van der Waals surface area (Å²) in [5.41, 5.74) is 1.32. The molecule has 2 aromatic rings. The Kier molecular flexibility index (Phi) is 8.75. The van der Waals surface area contributed by atoms with E-state index >= 15 is 0 Å². The van der Waals surface area contributed by atoms with E-state index in [2.05, 4.69) is 19.2 Å². The summed E-state index contributed by atoms with van der Waals surface area (Å²) in [6.45, 7) is 6.99. The lowest BCUT2D eigenvalue weighted by Crippen LogP contribution is -2.43. The molecule has 0 fully saturated rings. The van der Waals surface area contributed by atoms with Crippen molar-refractivity contribution in [3.63, 3.8) is 0 Å². The number of halogens is 1. The molecule has 28 heavy (non-hydrogen) atoms. The van der Waals surface area contributed by atoms with Crippen molar-refractivity contribution in [3.8, 4) is 11.5 Å². The molecule has 0 aliphatic rings. The van der Waals surface area contributed by atoms with E-state index in [1.54, 1.807) is 26.2 Å². The zero-order valence-corrected chi connectivity index (χ0v) is 18.3. The maximum absolute atomic E-state index is 11.7. The third kappa shape index (κ3) is 6.98. The molecule has 0 saturated carbocycles. The van der Waals surface area contributed by atoms with Crippen molar-refractivity contribution in [2.24, 2.45) is 5.14 Å². The smallest absolute Gasteiger partial charge is 0.238 e. The first-order valence-electron chi connectivity index (χ1n) is 8.75. The number of rotatable bonds is 9. The summed E-state index contributed by atoms with van der Waals surface area (Å²) in [5, 5.41) is 8.74. The highest BCUT2D eigenvalue weighted by Gasteiger charge is 2.20. The van der Waals surface area contributed by atoms with Crippen molar-refractivity contribution in [1.29, 1.82) is 0 Å². The second-order valence-corrected chi connectivity index (χ2v) is 8.66. The molecule has 2 aromatic carbocycles. The van der Waals surface area contributed by atoms with Crippen LogP contribution in [-0.4, -0.2) is 34.2 Å². The molecule has 3 N–H and O–H groups in total. The van der Waals surface area contributed by atoms with E-state index in [0.29, 0.717) is 36.6 Å². The van der Waals surface area contributed by atoms with Gasteiger partial charge in [0.2, 0.25) is 10.0 Å². The lowest BCUT2D eigenvalue weighted by Gasteiger charge is -2.27. The number of ether oxygens (including phenoxy) is 2. The molecule has 0 heterocycles. The fourth-order valence-corrected chi connectivity index (χ4v) is 3.75. The number of benzene rings is 2. The molecule has 0 aliphatic carbocycles. The maximum Gasteiger partial charge on any atom is 0.238 e. The Bertz CT molecular complexity index is 886. The van der Waals surface area contributed by atoms with Crippen molar-refractivity contribution in [2.75, 3.05) is 20.3 Å². The summed E-state index contributed by atoms with van der Waals surface area (Å²) in [4.78, 5) is 0.176. The summed E-state index contributed by atoms with van der Waals surface area (Å²) in [5.74, 6) is 1.41. The monoisotopic (exact) mass is 428 g/mol. The first-order valence-corrected chi connectivity index (χ1v) is 10.3. The van der Waals surface area contributed by atoms with E-state index in [1.165, 1.54) is 0 Å². The number of nitrogens with one attached hydrogen (secondary N) is 1. The highest BCUT2D eigenvalue weighted by molar-refractivity contribution is 7.89. The standard InChI is InChI=1S/C20H28N2O4S.ClH/c1-15-9-10-16(13-19(15)27(21,23)24)14-20(2,3)22-11-12-26-18-8-6-5-7-17(18)25-4;/h5-10,13,22H,11-12,14H2,1-4H3,(H2,21,23,24);1H. The minimum absolute atomic E-state index is 0. The summed E-state index contributed by atoms with van der Waals surface area (Å²) in [6, 6.07) is 12.9. The fourth-order valence-electron chi connectivity index (χ4n) is 2.92. The molecule has 6 nitrogen and oxygen atoms in total. The third-order valence-electron chi connectivity index (χ3n) is 4.24. The Morgan fingerprint density at radius 3 is 2.36 bits per heavy atom. The second kappa shape index (κ2) is 10.1. The Hall–Kier alpha value is -1.80. The molecule has 156 valence electrons. The van der Waals surface area contributed by atoms with Gasteiger partial charge in [0.25, 0.3) is 0 Å². The van der Waals surface area contributed by atoms with E-state index in [9.17, 15) is 8.42 Å². The molecule has 8 heteroatoms. The van der Waals surface area contributed by atoms with E-state index in [4.69, 9.17) is 14.6 Å². The molecule has 0 amide bonds. The molecule has 0 bridgehead atoms. The highest BCUT2D eigenvalue weighted by Crippen LogP contribution is 2.25. The average Bonchev–Trinajstić information content (AvgIpc) is 2.59. The number of primary sulfonamides is 1. The Balaban J connectivity index is 0.00000392. The number of aryl methyl sites for hydroxylation is 1. The van der Waals surface area contributed by atoms with E-state index in [1.807, 2.05) is 30.3 Å². The molecule has 0 spiro atoms. The molecule has 0 unspecified atom stereocenters. The Morgan fingerprint density at radius 1 is 1.11 bits per heavy atom. The Labute approximate surface area is 173 Å². The van der Waals surface area contributed by atoms with Crippen LogP contribution in [0.4, 0.5) is 0 Å². The molecular formula is C20H29ClN2O4S. The summed E-state index contributed by atoms with van der Waals surface area (Å²) >= 11 is 0. The van der Waals surface area contributed by atoms with Crippen LogP contribution < -0.4 is 19.9 Å². The fraction of sp³-hybridized carbons (Fsp3) is 0.400. The first-order chi connectivity index (χ1) is 12.6. The largest absolute Gasteiger partial charge is 0.493 e. The lowest BCUT2D eigenvalue weighted by molar-refractivity contribution is 0.270. The van der Waals surface area contributed by atoms with Gasteiger partial charge in [0.15, 0.2) is 11.5 Å². The zero-order valence-electron chi connectivity index (χ0n) is 16.7. The van der Waals surface area contributed by atoms with Gasteiger partial charge in [-0.25, -0.2) is 13.6 Å². The van der Waals surface area contributed by atoms with Crippen LogP contribution in [0.3, 0.4) is 0 Å². The van der Waals surface area contributed by atoms with Crippen LogP contribution in [0.1, 0.15) is 25.0 Å². The SMILES string of the molecule is COc1ccccc1OCCNC(C)(C)Cc1ccc(C)c(S(N)(=O)=O)c1.Cl. The summed E-state index contributed by atoms with van der Waals surface area (Å²) in [6.07, 6.45) is 0.657. The van der Waals surface area contributed by atoms with Gasteiger partial charge in [0, 0.05) is 12.1 Å². The first kappa shape index (κ1) is 24.2. The lowest BCUT2D eigenvalue weighted by atomic mass is 9.94. The van der Waals surface area contributed by atoms with Crippen LogP contribution in [0.2, 0.25) is 0 Å². The molecule has 0 atom stereocenters. The van der Waals surface area contributed by atoms with Gasteiger partial charge in [-0.05, 0) is 56.5 Å². The second-order valence-electron chi connectivity index (χ2n) is 7.13. The average molecular weight is 429 g/mol. The van der Waals surface area contributed by atoms with Gasteiger partial charge >= 0.3 is 0 Å². The Morgan fingerprint density at radius 2 is 1.75 bits per heavy atom. The van der Waals surface area contributed by atoms with Gasteiger partial charge in [0.1, 0.15) is 6.61 Å². The van der Waals surface area contributed by atoms with Crippen molar-refractivity contribution in [2.45, 2.75) is 37.6 Å². The zero-order chi connectivity index (χ0) is 20.1. The van der Waals surface area contributed by atoms with Gasteiger partial charge in [-0.2, -0.15) is 0 Å². The molecular weight excluding hydrogens is 400 g/mol. The van der Waals surface area contributed by atoms with Crippen LogP contribution in [0.15, 0.2) is 47.4 Å². The van der Waals surface area contributed by atoms with Crippen LogP contribution in [0.5, 0.6) is 11.5 Å². The van der Waals surface area contributed by atoms with Crippen LogP contribution in [0, 0.1) is 6.92 Å². The normalized spacial score (nSPS) is 11.6. The van der Waals surface area contributed by atoms with Gasteiger partial charge in [-0.3, -0.25) is 0 Å². The van der Waals surface area contributed by atoms with E-state index < -0.39 is 10.0 Å². The molecule has 0 radical (unpaired) electrons. The molecule has 0 aromatic heterocycles.